The van der Waals surface area contributed by atoms with Crippen LogP contribution in [0.5, 0.6) is 0 Å². The van der Waals surface area contributed by atoms with Crippen molar-refractivity contribution in [3.05, 3.63) is 35.9 Å². The average Bonchev–Trinajstić information content (AvgIpc) is 2.47. The van der Waals surface area contributed by atoms with E-state index >= 15 is 0 Å². The molecule has 23 heavy (non-hydrogen) atoms. The van der Waals surface area contributed by atoms with E-state index in [9.17, 15) is 18.0 Å². The van der Waals surface area contributed by atoms with Crippen LogP contribution in [0.25, 0.3) is 0 Å². The number of amides is 1. The van der Waals surface area contributed by atoms with E-state index in [0.29, 0.717) is 18.8 Å². The molecule has 0 atom stereocenters. The first kappa shape index (κ1) is 17.3. The third kappa shape index (κ3) is 4.25. The third-order valence-corrected chi connectivity index (χ3v) is 3.80. The van der Waals surface area contributed by atoms with Crippen LogP contribution in [0, 0.1) is 0 Å². The number of rotatable bonds is 3. The smallest absolute Gasteiger partial charge is 0.367 e. The van der Waals surface area contributed by atoms with Crippen molar-refractivity contribution < 1.29 is 18.0 Å². The molecule has 0 radical (unpaired) electrons. The van der Waals surface area contributed by atoms with E-state index in [-0.39, 0.29) is 11.3 Å². The van der Waals surface area contributed by atoms with Gasteiger partial charge < -0.3 is 15.1 Å². The fraction of sp³-hybridized carbons (Fsp3) is 0.438. The zero-order valence-corrected chi connectivity index (χ0v) is 13.2. The van der Waals surface area contributed by atoms with Crippen molar-refractivity contribution in [3.8, 4) is 0 Å². The molecule has 1 aromatic carbocycles. The van der Waals surface area contributed by atoms with E-state index in [0.717, 1.165) is 25.2 Å². The molecule has 0 unspecified atom stereocenters. The molecule has 0 aromatic heterocycles. The van der Waals surface area contributed by atoms with Gasteiger partial charge in [0.05, 0.1) is 16.9 Å². The molecule has 1 aliphatic heterocycles. The lowest BCUT2D eigenvalue weighted by atomic mass is 10.1. The van der Waals surface area contributed by atoms with E-state index in [1.54, 1.807) is 0 Å². The lowest BCUT2D eigenvalue weighted by molar-refractivity contribution is -0.137. The van der Waals surface area contributed by atoms with Gasteiger partial charge in [-0.3, -0.25) is 4.79 Å². The molecule has 1 aliphatic rings. The molecule has 1 amide bonds. The molecule has 0 bridgehead atoms. The molecule has 1 aromatic rings. The van der Waals surface area contributed by atoms with Gasteiger partial charge in [-0.25, -0.2) is 0 Å². The number of piperazine rings is 1. The highest BCUT2D eigenvalue weighted by molar-refractivity contribution is 6.04. The van der Waals surface area contributed by atoms with E-state index < -0.39 is 17.6 Å². The molecule has 1 N–H and O–H groups in total. The first-order valence-electron chi connectivity index (χ1n) is 7.30. The number of hydrogen-bond acceptors (Lipinski definition) is 3. The van der Waals surface area contributed by atoms with E-state index in [1.807, 2.05) is 11.9 Å². The van der Waals surface area contributed by atoms with Crippen molar-refractivity contribution in [1.29, 1.82) is 0 Å². The van der Waals surface area contributed by atoms with Crippen LogP contribution in [0.1, 0.15) is 12.5 Å². The Balaban J connectivity index is 2.36. The standard InChI is InChI=1S/C16H20F3N3O/c1-11(2)15(23)20-13-10-12(16(17,18)19)4-5-14(13)22-8-6-21(3)7-9-22/h4-5,10H,1,6-9H2,2-3H3,(H,20,23). The summed E-state index contributed by atoms with van der Waals surface area (Å²) in [5.74, 6) is -0.486. The maximum atomic E-state index is 12.9. The molecule has 1 heterocycles. The number of nitrogens with zero attached hydrogens (tertiary/aromatic N) is 2. The number of alkyl halides is 3. The Kier molecular flexibility index (Phi) is 4.99. The Bertz CT molecular complexity index is 605. The summed E-state index contributed by atoms with van der Waals surface area (Å²) in [5.41, 5.74) is 0.220. The third-order valence-electron chi connectivity index (χ3n) is 3.80. The Morgan fingerprint density at radius 1 is 1.22 bits per heavy atom. The second kappa shape index (κ2) is 6.62. The maximum Gasteiger partial charge on any atom is 0.416 e. The summed E-state index contributed by atoms with van der Waals surface area (Å²) in [6.45, 7) is 8.05. The second-order valence-electron chi connectivity index (χ2n) is 5.75. The van der Waals surface area contributed by atoms with E-state index in [2.05, 4.69) is 16.8 Å². The van der Waals surface area contributed by atoms with Gasteiger partial charge in [0.1, 0.15) is 0 Å². The van der Waals surface area contributed by atoms with E-state index in [1.165, 1.54) is 13.0 Å². The van der Waals surface area contributed by atoms with Gasteiger partial charge in [0.2, 0.25) is 0 Å². The van der Waals surface area contributed by atoms with Gasteiger partial charge >= 0.3 is 6.18 Å². The molecule has 7 heteroatoms. The van der Waals surface area contributed by atoms with Crippen LogP contribution in [-0.2, 0) is 11.0 Å². The monoisotopic (exact) mass is 327 g/mol. The number of carbonyl (C=O) groups is 1. The van der Waals surface area contributed by atoms with Crippen molar-refractivity contribution in [2.24, 2.45) is 0 Å². The predicted molar refractivity (Wildman–Crippen MR) is 84.6 cm³/mol. The fourth-order valence-electron chi connectivity index (χ4n) is 2.36. The number of carbonyl (C=O) groups excluding carboxylic acids is 1. The fourth-order valence-corrected chi connectivity index (χ4v) is 2.36. The van der Waals surface area contributed by atoms with Gasteiger partial charge in [0, 0.05) is 31.8 Å². The normalized spacial score (nSPS) is 16.3. The first-order valence-corrected chi connectivity index (χ1v) is 7.30. The number of hydrogen-bond donors (Lipinski definition) is 1. The van der Waals surface area contributed by atoms with Crippen molar-refractivity contribution in [2.45, 2.75) is 13.1 Å². The molecule has 0 spiro atoms. The zero-order chi connectivity index (χ0) is 17.2. The minimum atomic E-state index is -4.46. The number of halogens is 3. The number of anilines is 2. The van der Waals surface area contributed by atoms with Crippen LogP contribution < -0.4 is 10.2 Å². The molecule has 1 fully saturated rings. The van der Waals surface area contributed by atoms with Crippen LogP contribution in [0.15, 0.2) is 30.4 Å². The quantitative estimate of drug-likeness (QED) is 0.867. The van der Waals surface area contributed by atoms with Crippen LogP contribution in [-0.4, -0.2) is 44.0 Å². The molecule has 0 aliphatic carbocycles. The summed E-state index contributed by atoms with van der Waals surface area (Å²) in [6.07, 6.45) is -4.46. The van der Waals surface area contributed by atoms with Crippen molar-refractivity contribution in [3.63, 3.8) is 0 Å². The first-order chi connectivity index (χ1) is 10.7. The molecule has 1 saturated heterocycles. The second-order valence-corrected chi connectivity index (χ2v) is 5.75. The number of nitrogens with one attached hydrogen (secondary N) is 1. The topological polar surface area (TPSA) is 35.6 Å². The summed E-state index contributed by atoms with van der Waals surface area (Å²) in [5, 5.41) is 2.54. The molecular formula is C16H20F3N3O. The van der Waals surface area contributed by atoms with Gasteiger partial charge in [-0.15, -0.1) is 0 Å². The van der Waals surface area contributed by atoms with Crippen molar-refractivity contribution in [1.82, 2.24) is 4.90 Å². The lowest BCUT2D eigenvalue weighted by Crippen LogP contribution is -2.44. The predicted octanol–water partition coefficient (Wildman–Crippen LogP) is 2.97. The minimum Gasteiger partial charge on any atom is -0.367 e. The highest BCUT2D eigenvalue weighted by Gasteiger charge is 2.32. The molecule has 2 rings (SSSR count). The van der Waals surface area contributed by atoms with E-state index in [4.69, 9.17) is 0 Å². The van der Waals surface area contributed by atoms with Crippen molar-refractivity contribution >= 4 is 17.3 Å². The zero-order valence-electron chi connectivity index (χ0n) is 13.2. The lowest BCUT2D eigenvalue weighted by Gasteiger charge is -2.35. The largest absolute Gasteiger partial charge is 0.416 e. The van der Waals surface area contributed by atoms with Gasteiger partial charge in [0.25, 0.3) is 5.91 Å². The summed E-state index contributed by atoms with van der Waals surface area (Å²) >= 11 is 0. The summed E-state index contributed by atoms with van der Waals surface area (Å²) in [7, 11) is 1.99. The van der Waals surface area contributed by atoms with Crippen LogP contribution in [0.4, 0.5) is 24.5 Å². The van der Waals surface area contributed by atoms with Crippen LogP contribution in [0.2, 0.25) is 0 Å². The average molecular weight is 327 g/mol. The summed E-state index contributed by atoms with van der Waals surface area (Å²) in [4.78, 5) is 16.0. The summed E-state index contributed by atoms with van der Waals surface area (Å²) < 4.78 is 38.8. The maximum absolute atomic E-state index is 12.9. The van der Waals surface area contributed by atoms with Crippen LogP contribution >= 0.6 is 0 Å². The number of likely N-dealkylation sites (N-methyl/N-ethyl adjacent to an activating group) is 1. The summed E-state index contributed by atoms with van der Waals surface area (Å²) in [6, 6.07) is 3.45. The highest BCUT2D eigenvalue weighted by Crippen LogP contribution is 2.35. The number of benzene rings is 1. The Morgan fingerprint density at radius 3 is 2.35 bits per heavy atom. The SMILES string of the molecule is C=C(C)C(=O)Nc1cc(C(F)(F)F)ccc1N1CCN(C)CC1. The molecule has 4 nitrogen and oxygen atoms in total. The van der Waals surface area contributed by atoms with Gasteiger partial charge in [-0.1, -0.05) is 6.58 Å². The van der Waals surface area contributed by atoms with Gasteiger partial charge in [-0.05, 0) is 32.2 Å². The highest BCUT2D eigenvalue weighted by atomic mass is 19.4. The molecule has 126 valence electrons. The van der Waals surface area contributed by atoms with Gasteiger partial charge in [-0.2, -0.15) is 13.2 Å². The minimum absolute atomic E-state index is 0.164. The Hall–Kier alpha value is -2.02. The Morgan fingerprint density at radius 2 is 1.83 bits per heavy atom. The van der Waals surface area contributed by atoms with Gasteiger partial charge in [0.15, 0.2) is 0 Å². The van der Waals surface area contributed by atoms with Crippen LogP contribution in [0.3, 0.4) is 0 Å². The molecule has 0 saturated carbocycles. The Labute approximate surface area is 133 Å². The van der Waals surface area contributed by atoms with Crippen molar-refractivity contribution in [2.75, 3.05) is 43.4 Å². The molecular weight excluding hydrogens is 307 g/mol.